The number of anilines is 5. The average molecular weight is 425 g/mol. The number of morpholine rings is 1. The molecule has 0 amide bonds. The van der Waals surface area contributed by atoms with Gasteiger partial charge in [0.15, 0.2) is 11.5 Å². The van der Waals surface area contributed by atoms with E-state index in [1.807, 2.05) is 24.3 Å². The maximum Gasteiger partial charge on any atom is 0.179 e. The van der Waals surface area contributed by atoms with E-state index in [1.165, 1.54) is 0 Å². The Morgan fingerprint density at radius 3 is 2.77 bits per heavy atom. The number of nitrogens with two attached hydrogens (primary N) is 2. The third kappa shape index (κ3) is 4.59. The lowest BCUT2D eigenvalue weighted by molar-refractivity contribution is 0.0323. The number of rotatable bonds is 8. The monoisotopic (exact) mass is 424 g/mol. The van der Waals surface area contributed by atoms with Gasteiger partial charge in [-0.2, -0.15) is 4.52 Å². The topological polar surface area (TPSA) is 128 Å². The molecule has 0 unspecified atom stereocenters. The van der Waals surface area contributed by atoms with Crippen LogP contribution in [0.3, 0.4) is 0 Å². The standard InChI is InChI=1S/C21H28N8O2/c22-14-1-4-18(31-10-7-28-5-8-30-9-6-28)16(11-14)26-20-12-17(25-15-2-3-15)21-24-13-19(23)29(21)27-20/h1,4,11-13,15,25H,2-3,5-10,22-23H2,(H,26,27). The molecule has 2 aromatic heterocycles. The number of hydrogen-bond donors (Lipinski definition) is 4. The lowest BCUT2D eigenvalue weighted by atomic mass is 10.2. The van der Waals surface area contributed by atoms with E-state index in [-0.39, 0.29) is 0 Å². The number of ether oxygens (including phenoxy) is 2. The second kappa shape index (κ2) is 8.48. The van der Waals surface area contributed by atoms with Crippen molar-refractivity contribution >= 4 is 34.3 Å². The van der Waals surface area contributed by atoms with Gasteiger partial charge < -0.3 is 31.6 Å². The third-order valence-corrected chi connectivity index (χ3v) is 5.47. The molecule has 164 valence electrons. The number of hydrogen-bond acceptors (Lipinski definition) is 9. The van der Waals surface area contributed by atoms with E-state index in [0.717, 1.165) is 62.8 Å². The molecule has 1 aliphatic carbocycles. The van der Waals surface area contributed by atoms with Crippen LogP contribution in [0.1, 0.15) is 12.8 Å². The fourth-order valence-electron chi connectivity index (χ4n) is 3.62. The molecule has 0 radical (unpaired) electrons. The van der Waals surface area contributed by atoms with Crippen molar-refractivity contribution in [3.8, 4) is 5.75 Å². The van der Waals surface area contributed by atoms with Crippen molar-refractivity contribution in [2.24, 2.45) is 0 Å². The lowest BCUT2D eigenvalue weighted by Gasteiger charge is -2.26. The van der Waals surface area contributed by atoms with Gasteiger partial charge in [0, 0.05) is 37.4 Å². The van der Waals surface area contributed by atoms with Gasteiger partial charge in [-0.15, -0.1) is 5.10 Å². The highest BCUT2D eigenvalue weighted by molar-refractivity contribution is 5.76. The van der Waals surface area contributed by atoms with E-state index in [0.29, 0.717) is 35.6 Å². The molecule has 2 aliphatic rings. The van der Waals surface area contributed by atoms with Crippen LogP contribution in [-0.2, 0) is 4.74 Å². The van der Waals surface area contributed by atoms with Gasteiger partial charge in [-0.1, -0.05) is 0 Å². The maximum atomic E-state index is 6.08. The minimum absolute atomic E-state index is 0.475. The van der Waals surface area contributed by atoms with E-state index in [4.69, 9.17) is 20.9 Å². The first-order chi connectivity index (χ1) is 15.2. The van der Waals surface area contributed by atoms with Gasteiger partial charge in [0.2, 0.25) is 0 Å². The molecule has 1 saturated carbocycles. The van der Waals surface area contributed by atoms with Crippen LogP contribution in [0.25, 0.3) is 5.65 Å². The van der Waals surface area contributed by atoms with Gasteiger partial charge in [-0.25, -0.2) is 4.98 Å². The van der Waals surface area contributed by atoms with Crippen LogP contribution < -0.4 is 26.8 Å². The van der Waals surface area contributed by atoms with Gasteiger partial charge in [0.25, 0.3) is 0 Å². The van der Waals surface area contributed by atoms with E-state index in [2.05, 4.69) is 25.6 Å². The Hall–Kier alpha value is -3.24. The average Bonchev–Trinajstić information content (AvgIpc) is 3.51. The van der Waals surface area contributed by atoms with Gasteiger partial charge in [0.05, 0.1) is 30.8 Å². The molecule has 3 heterocycles. The highest BCUT2D eigenvalue weighted by atomic mass is 16.5. The predicted octanol–water partition coefficient (Wildman–Crippen LogP) is 1.92. The van der Waals surface area contributed by atoms with Crippen molar-refractivity contribution in [3.63, 3.8) is 0 Å². The summed E-state index contributed by atoms with van der Waals surface area (Å²) in [6.45, 7) is 4.84. The molecule has 10 heteroatoms. The Kier molecular flexibility index (Phi) is 5.39. The van der Waals surface area contributed by atoms with Crippen LogP contribution in [0.15, 0.2) is 30.5 Å². The predicted molar refractivity (Wildman–Crippen MR) is 121 cm³/mol. The summed E-state index contributed by atoms with van der Waals surface area (Å²) in [7, 11) is 0. The van der Waals surface area contributed by atoms with E-state index >= 15 is 0 Å². The third-order valence-electron chi connectivity index (χ3n) is 5.47. The summed E-state index contributed by atoms with van der Waals surface area (Å²) < 4.78 is 13.1. The van der Waals surface area contributed by atoms with Crippen LogP contribution in [0.4, 0.5) is 28.7 Å². The Labute approximate surface area is 180 Å². The van der Waals surface area contributed by atoms with Gasteiger partial charge in [-0.3, -0.25) is 4.90 Å². The number of nitrogens with zero attached hydrogens (tertiary/aromatic N) is 4. The number of fused-ring (bicyclic) bond motifs is 1. The van der Waals surface area contributed by atoms with Crippen molar-refractivity contribution in [1.82, 2.24) is 19.5 Å². The maximum absolute atomic E-state index is 6.08. The van der Waals surface area contributed by atoms with E-state index < -0.39 is 0 Å². The molecule has 5 rings (SSSR count). The molecule has 1 aliphatic heterocycles. The Morgan fingerprint density at radius 2 is 1.97 bits per heavy atom. The minimum Gasteiger partial charge on any atom is -0.490 e. The fraction of sp³-hybridized carbons (Fsp3) is 0.429. The van der Waals surface area contributed by atoms with E-state index in [9.17, 15) is 0 Å². The Bertz CT molecular complexity index is 1060. The molecule has 31 heavy (non-hydrogen) atoms. The van der Waals surface area contributed by atoms with Gasteiger partial charge in [0.1, 0.15) is 18.2 Å². The highest BCUT2D eigenvalue weighted by Crippen LogP contribution is 2.32. The zero-order chi connectivity index (χ0) is 21.2. The number of imidazole rings is 1. The zero-order valence-electron chi connectivity index (χ0n) is 17.4. The summed E-state index contributed by atoms with van der Waals surface area (Å²) in [5.74, 6) is 1.83. The van der Waals surface area contributed by atoms with Crippen molar-refractivity contribution in [3.05, 3.63) is 30.5 Å². The van der Waals surface area contributed by atoms with Crippen LogP contribution in [0.5, 0.6) is 5.75 Å². The molecule has 3 aromatic rings. The largest absolute Gasteiger partial charge is 0.490 e. The smallest absolute Gasteiger partial charge is 0.179 e. The first kappa shape index (κ1) is 19.7. The number of aromatic nitrogens is 3. The Morgan fingerprint density at radius 1 is 1.13 bits per heavy atom. The van der Waals surface area contributed by atoms with Crippen molar-refractivity contribution < 1.29 is 9.47 Å². The minimum atomic E-state index is 0.475. The quantitative estimate of drug-likeness (QED) is 0.401. The molecule has 2 fully saturated rings. The molecule has 1 saturated heterocycles. The Balaban J connectivity index is 1.35. The summed E-state index contributed by atoms with van der Waals surface area (Å²) in [6.07, 6.45) is 3.93. The van der Waals surface area contributed by atoms with Crippen molar-refractivity contribution in [2.75, 3.05) is 61.6 Å². The van der Waals surface area contributed by atoms with Gasteiger partial charge in [-0.05, 0) is 31.0 Å². The van der Waals surface area contributed by atoms with Crippen LogP contribution in [-0.4, -0.2) is 65.0 Å². The summed E-state index contributed by atoms with van der Waals surface area (Å²) >= 11 is 0. The summed E-state index contributed by atoms with van der Waals surface area (Å²) in [4.78, 5) is 6.73. The van der Waals surface area contributed by atoms with Crippen LogP contribution in [0.2, 0.25) is 0 Å². The first-order valence-electron chi connectivity index (χ1n) is 10.7. The second-order valence-corrected chi connectivity index (χ2v) is 7.96. The van der Waals surface area contributed by atoms with E-state index in [1.54, 1.807) is 10.7 Å². The van der Waals surface area contributed by atoms with Crippen LogP contribution in [0, 0.1) is 0 Å². The molecule has 6 N–H and O–H groups in total. The lowest BCUT2D eigenvalue weighted by Crippen LogP contribution is -2.38. The number of benzene rings is 1. The first-order valence-corrected chi connectivity index (χ1v) is 10.7. The van der Waals surface area contributed by atoms with Crippen molar-refractivity contribution in [1.29, 1.82) is 0 Å². The zero-order valence-corrected chi connectivity index (χ0v) is 17.4. The summed E-state index contributed by atoms with van der Waals surface area (Å²) in [5.41, 5.74) is 15.1. The molecule has 0 atom stereocenters. The molecular formula is C21H28N8O2. The summed E-state index contributed by atoms with van der Waals surface area (Å²) in [6, 6.07) is 7.98. The molecule has 0 bridgehead atoms. The molecule has 1 aromatic carbocycles. The highest BCUT2D eigenvalue weighted by Gasteiger charge is 2.23. The number of nitrogen functional groups attached to an aromatic ring is 2. The normalized spacial score (nSPS) is 17.0. The fourth-order valence-corrected chi connectivity index (χ4v) is 3.62. The molecular weight excluding hydrogens is 396 g/mol. The van der Waals surface area contributed by atoms with Crippen LogP contribution >= 0.6 is 0 Å². The second-order valence-electron chi connectivity index (χ2n) is 7.96. The van der Waals surface area contributed by atoms with Gasteiger partial charge >= 0.3 is 0 Å². The van der Waals surface area contributed by atoms with Crippen molar-refractivity contribution in [2.45, 2.75) is 18.9 Å². The summed E-state index contributed by atoms with van der Waals surface area (Å²) in [5, 5.41) is 11.5. The SMILES string of the molecule is Nc1ccc(OCCN2CCOCC2)c(Nc2cc(NC3CC3)c3ncc(N)n3n2)c1. The molecule has 10 nitrogen and oxygen atoms in total. The number of nitrogens with one attached hydrogen (secondary N) is 2. The molecule has 0 spiro atoms.